The molecular formula is C16H17FN2O. The van der Waals surface area contributed by atoms with Crippen LogP contribution in [0.4, 0.5) is 15.8 Å². The molecule has 0 aliphatic rings. The summed E-state index contributed by atoms with van der Waals surface area (Å²) in [5, 5.41) is 2.64. The Balaban J connectivity index is 2.20. The second-order valence-corrected chi connectivity index (χ2v) is 4.81. The standard InChI is InChI=1S/C16H17FN2O/c1-10-5-3-8-14(17)15(10)19-16(20)11(2)12-6-4-7-13(18)9-12/h3-9,11H,18H2,1-2H3,(H,19,20). The number of anilines is 2. The number of aryl methyl sites for hydroxylation is 1. The average Bonchev–Trinajstić information content (AvgIpc) is 2.42. The Kier molecular flexibility index (Phi) is 4.03. The van der Waals surface area contributed by atoms with Crippen molar-refractivity contribution in [1.29, 1.82) is 0 Å². The molecular weight excluding hydrogens is 255 g/mol. The summed E-state index contributed by atoms with van der Waals surface area (Å²) in [5.41, 5.74) is 8.03. The number of hydrogen-bond acceptors (Lipinski definition) is 2. The van der Waals surface area contributed by atoms with E-state index in [1.807, 2.05) is 6.07 Å². The molecule has 2 aromatic carbocycles. The SMILES string of the molecule is Cc1cccc(F)c1NC(=O)C(C)c1cccc(N)c1. The largest absolute Gasteiger partial charge is 0.399 e. The van der Waals surface area contributed by atoms with E-state index in [-0.39, 0.29) is 11.6 Å². The maximum absolute atomic E-state index is 13.7. The van der Waals surface area contributed by atoms with Crippen molar-refractivity contribution in [3.05, 3.63) is 59.4 Å². The molecule has 0 saturated carbocycles. The molecule has 3 N–H and O–H groups in total. The summed E-state index contributed by atoms with van der Waals surface area (Å²) in [5.74, 6) is -1.10. The van der Waals surface area contributed by atoms with E-state index in [1.165, 1.54) is 6.07 Å². The van der Waals surface area contributed by atoms with Crippen molar-refractivity contribution >= 4 is 17.3 Å². The number of carbonyl (C=O) groups is 1. The van der Waals surface area contributed by atoms with Gasteiger partial charge in [0.15, 0.2) is 0 Å². The van der Waals surface area contributed by atoms with Crippen LogP contribution < -0.4 is 11.1 Å². The van der Waals surface area contributed by atoms with E-state index in [0.29, 0.717) is 11.3 Å². The van der Waals surface area contributed by atoms with Gasteiger partial charge in [-0.3, -0.25) is 4.79 Å². The number of benzene rings is 2. The first-order chi connectivity index (χ1) is 9.49. The average molecular weight is 272 g/mol. The molecule has 1 amide bonds. The van der Waals surface area contributed by atoms with Gasteiger partial charge in [0.05, 0.1) is 11.6 Å². The van der Waals surface area contributed by atoms with Crippen LogP contribution in [0.1, 0.15) is 24.0 Å². The molecule has 0 radical (unpaired) electrons. The van der Waals surface area contributed by atoms with E-state index in [2.05, 4.69) is 5.32 Å². The van der Waals surface area contributed by atoms with E-state index in [9.17, 15) is 9.18 Å². The minimum Gasteiger partial charge on any atom is -0.399 e. The number of nitrogens with one attached hydrogen (secondary N) is 1. The maximum atomic E-state index is 13.7. The Bertz CT molecular complexity index is 620. The van der Waals surface area contributed by atoms with Crippen molar-refractivity contribution in [2.24, 2.45) is 0 Å². The maximum Gasteiger partial charge on any atom is 0.231 e. The van der Waals surface area contributed by atoms with E-state index >= 15 is 0 Å². The molecule has 0 bridgehead atoms. The van der Waals surface area contributed by atoms with Gasteiger partial charge in [0.2, 0.25) is 5.91 Å². The lowest BCUT2D eigenvalue weighted by Gasteiger charge is -2.15. The minimum absolute atomic E-state index is 0.230. The molecule has 20 heavy (non-hydrogen) atoms. The molecule has 1 atom stereocenters. The number of nitrogens with two attached hydrogens (primary N) is 1. The summed E-state index contributed by atoms with van der Waals surface area (Å²) in [6, 6.07) is 11.8. The smallest absolute Gasteiger partial charge is 0.231 e. The van der Waals surface area contributed by atoms with Gasteiger partial charge < -0.3 is 11.1 Å². The van der Waals surface area contributed by atoms with Crippen LogP contribution in [0.25, 0.3) is 0 Å². The highest BCUT2D eigenvalue weighted by Crippen LogP contribution is 2.23. The molecule has 2 rings (SSSR count). The van der Waals surface area contributed by atoms with Gasteiger partial charge in [0.25, 0.3) is 0 Å². The fraction of sp³-hybridized carbons (Fsp3) is 0.188. The molecule has 0 aliphatic carbocycles. The van der Waals surface area contributed by atoms with E-state index in [1.54, 1.807) is 44.2 Å². The number of hydrogen-bond donors (Lipinski definition) is 2. The lowest BCUT2D eigenvalue weighted by atomic mass is 9.99. The quantitative estimate of drug-likeness (QED) is 0.841. The van der Waals surface area contributed by atoms with Crippen LogP contribution >= 0.6 is 0 Å². The van der Waals surface area contributed by atoms with Crippen LogP contribution in [-0.2, 0) is 4.79 Å². The highest BCUT2D eigenvalue weighted by molar-refractivity contribution is 5.96. The zero-order valence-electron chi connectivity index (χ0n) is 11.5. The molecule has 0 aromatic heterocycles. The van der Waals surface area contributed by atoms with Crippen molar-refractivity contribution in [3.63, 3.8) is 0 Å². The van der Waals surface area contributed by atoms with Gasteiger partial charge in [0, 0.05) is 5.69 Å². The van der Waals surface area contributed by atoms with Gasteiger partial charge in [-0.2, -0.15) is 0 Å². The van der Waals surface area contributed by atoms with Crippen molar-refractivity contribution in [2.75, 3.05) is 11.1 Å². The lowest BCUT2D eigenvalue weighted by molar-refractivity contribution is -0.117. The van der Waals surface area contributed by atoms with Gasteiger partial charge >= 0.3 is 0 Å². The fourth-order valence-corrected chi connectivity index (χ4v) is 2.00. The number of nitrogen functional groups attached to an aromatic ring is 1. The van der Waals surface area contributed by atoms with Crippen molar-refractivity contribution in [3.8, 4) is 0 Å². The minimum atomic E-state index is -0.432. The molecule has 0 fully saturated rings. The number of amides is 1. The molecule has 0 saturated heterocycles. The molecule has 2 aromatic rings. The first-order valence-corrected chi connectivity index (χ1v) is 6.40. The van der Waals surface area contributed by atoms with Crippen LogP contribution in [0.2, 0.25) is 0 Å². The third-order valence-electron chi connectivity index (χ3n) is 3.27. The normalized spacial score (nSPS) is 11.9. The molecule has 0 aliphatic heterocycles. The molecule has 104 valence electrons. The predicted octanol–water partition coefficient (Wildman–Crippen LogP) is 3.46. The summed E-state index contributed by atoms with van der Waals surface area (Å²) < 4.78 is 13.7. The fourth-order valence-electron chi connectivity index (χ4n) is 2.00. The first-order valence-electron chi connectivity index (χ1n) is 6.40. The van der Waals surface area contributed by atoms with Gasteiger partial charge in [-0.25, -0.2) is 4.39 Å². The molecule has 0 heterocycles. The zero-order chi connectivity index (χ0) is 14.7. The van der Waals surface area contributed by atoms with Crippen molar-refractivity contribution < 1.29 is 9.18 Å². The van der Waals surface area contributed by atoms with Crippen LogP contribution in [0.5, 0.6) is 0 Å². The summed E-state index contributed by atoms with van der Waals surface area (Å²) in [7, 11) is 0. The number of rotatable bonds is 3. The van der Waals surface area contributed by atoms with E-state index in [4.69, 9.17) is 5.73 Å². The highest BCUT2D eigenvalue weighted by atomic mass is 19.1. The summed E-state index contributed by atoms with van der Waals surface area (Å²) in [4.78, 5) is 12.2. The zero-order valence-corrected chi connectivity index (χ0v) is 11.5. The summed E-state index contributed by atoms with van der Waals surface area (Å²) in [6.07, 6.45) is 0. The Morgan fingerprint density at radius 3 is 2.60 bits per heavy atom. The number of para-hydroxylation sites is 1. The van der Waals surface area contributed by atoms with Crippen molar-refractivity contribution in [1.82, 2.24) is 0 Å². The first kappa shape index (κ1) is 14.1. The lowest BCUT2D eigenvalue weighted by Crippen LogP contribution is -2.20. The summed E-state index contributed by atoms with van der Waals surface area (Å²) in [6.45, 7) is 3.52. The Morgan fingerprint density at radius 2 is 1.95 bits per heavy atom. The third-order valence-corrected chi connectivity index (χ3v) is 3.27. The number of halogens is 1. The van der Waals surface area contributed by atoms with Crippen molar-refractivity contribution in [2.45, 2.75) is 19.8 Å². The van der Waals surface area contributed by atoms with Gasteiger partial charge in [-0.1, -0.05) is 24.3 Å². The van der Waals surface area contributed by atoms with Gasteiger partial charge in [-0.05, 0) is 43.2 Å². The predicted molar refractivity (Wildman–Crippen MR) is 79.0 cm³/mol. The Labute approximate surface area is 117 Å². The second-order valence-electron chi connectivity index (χ2n) is 4.81. The van der Waals surface area contributed by atoms with Gasteiger partial charge in [0.1, 0.15) is 5.82 Å². The van der Waals surface area contributed by atoms with Crippen LogP contribution in [0.15, 0.2) is 42.5 Å². The highest BCUT2D eigenvalue weighted by Gasteiger charge is 2.17. The van der Waals surface area contributed by atoms with Crippen LogP contribution in [0, 0.1) is 12.7 Å². The summed E-state index contributed by atoms with van der Waals surface area (Å²) >= 11 is 0. The Morgan fingerprint density at radius 1 is 1.25 bits per heavy atom. The molecule has 3 nitrogen and oxygen atoms in total. The second kappa shape index (κ2) is 5.74. The topological polar surface area (TPSA) is 55.1 Å². The Hall–Kier alpha value is -2.36. The number of carbonyl (C=O) groups excluding carboxylic acids is 1. The molecule has 4 heteroatoms. The van der Waals surface area contributed by atoms with Crippen LogP contribution in [0.3, 0.4) is 0 Å². The molecule has 0 spiro atoms. The van der Waals surface area contributed by atoms with Crippen LogP contribution in [-0.4, -0.2) is 5.91 Å². The molecule has 1 unspecified atom stereocenters. The van der Waals surface area contributed by atoms with Gasteiger partial charge in [-0.15, -0.1) is 0 Å². The van der Waals surface area contributed by atoms with E-state index < -0.39 is 11.7 Å². The third kappa shape index (κ3) is 2.96. The van der Waals surface area contributed by atoms with E-state index in [0.717, 1.165) is 5.56 Å². The monoisotopic (exact) mass is 272 g/mol.